The largest absolute Gasteiger partial charge is 0.310 e. The van der Waals surface area contributed by atoms with Crippen molar-refractivity contribution in [1.29, 1.82) is 0 Å². The second kappa shape index (κ2) is 5.55. The topological polar surface area (TPSA) is 42.0 Å². The van der Waals surface area contributed by atoms with E-state index >= 15 is 0 Å². The average molecular weight is 272 g/mol. The molecule has 3 heteroatoms. The van der Waals surface area contributed by atoms with Gasteiger partial charge in [-0.2, -0.15) is 0 Å². The molecule has 1 aromatic heterocycles. The van der Waals surface area contributed by atoms with Gasteiger partial charge in [0.2, 0.25) is 5.91 Å². The number of hydrogen-bond donors (Lipinski definition) is 1. The summed E-state index contributed by atoms with van der Waals surface area (Å²) in [6.07, 6.45) is 11.4. The minimum Gasteiger partial charge on any atom is -0.310 e. The predicted octanol–water partition coefficient (Wildman–Crippen LogP) is 4.26. The van der Waals surface area contributed by atoms with Crippen molar-refractivity contribution < 1.29 is 4.79 Å². The second-order valence-corrected chi connectivity index (χ2v) is 6.68. The summed E-state index contributed by atoms with van der Waals surface area (Å²) in [5.74, 6) is 1.54. The van der Waals surface area contributed by atoms with Gasteiger partial charge in [0.05, 0.1) is 0 Å². The van der Waals surface area contributed by atoms with Crippen molar-refractivity contribution in [2.24, 2.45) is 5.41 Å². The zero-order valence-corrected chi connectivity index (χ0v) is 12.3. The van der Waals surface area contributed by atoms with Gasteiger partial charge >= 0.3 is 0 Å². The van der Waals surface area contributed by atoms with E-state index in [1.54, 1.807) is 0 Å². The van der Waals surface area contributed by atoms with E-state index in [2.05, 4.69) is 23.3 Å². The third kappa shape index (κ3) is 2.72. The molecule has 1 aromatic rings. The Morgan fingerprint density at radius 1 is 1.20 bits per heavy atom. The second-order valence-electron chi connectivity index (χ2n) is 6.68. The van der Waals surface area contributed by atoms with Gasteiger partial charge in [0.1, 0.15) is 5.82 Å². The molecule has 1 amide bonds. The number of hydrogen-bond acceptors (Lipinski definition) is 2. The fourth-order valence-corrected chi connectivity index (χ4v) is 3.29. The van der Waals surface area contributed by atoms with Crippen LogP contribution in [0.3, 0.4) is 0 Å². The molecule has 2 fully saturated rings. The van der Waals surface area contributed by atoms with Crippen LogP contribution < -0.4 is 5.32 Å². The van der Waals surface area contributed by atoms with Crippen LogP contribution in [-0.4, -0.2) is 10.9 Å². The number of carbonyl (C=O) groups is 1. The summed E-state index contributed by atoms with van der Waals surface area (Å²) >= 11 is 0. The van der Waals surface area contributed by atoms with Crippen molar-refractivity contribution in [3.05, 3.63) is 23.9 Å². The molecule has 1 N–H and O–H groups in total. The summed E-state index contributed by atoms with van der Waals surface area (Å²) in [4.78, 5) is 16.8. The van der Waals surface area contributed by atoms with E-state index in [4.69, 9.17) is 0 Å². The van der Waals surface area contributed by atoms with Gasteiger partial charge in [0.25, 0.3) is 0 Å². The Hall–Kier alpha value is -1.38. The Labute approximate surface area is 121 Å². The minimum atomic E-state index is -0.202. The molecule has 2 saturated carbocycles. The third-order valence-corrected chi connectivity index (χ3v) is 5.11. The maximum atomic E-state index is 12.4. The Bertz CT molecular complexity index is 470. The molecule has 1 heterocycles. The highest BCUT2D eigenvalue weighted by Gasteiger charge is 2.34. The number of anilines is 1. The average Bonchev–Trinajstić information content (AvgIpc) is 2.40. The quantitative estimate of drug-likeness (QED) is 0.893. The summed E-state index contributed by atoms with van der Waals surface area (Å²) in [7, 11) is 0. The molecule has 20 heavy (non-hydrogen) atoms. The highest BCUT2D eigenvalue weighted by molar-refractivity contribution is 5.94. The van der Waals surface area contributed by atoms with Gasteiger partial charge in [-0.25, -0.2) is 4.98 Å². The van der Waals surface area contributed by atoms with Gasteiger partial charge in [-0.1, -0.05) is 38.7 Å². The van der Waals surface area contributed by atoms with E-state index in [-0.39, 0.29) is 11.3 Å². The van der Waals surface area contributed by atoms with E-state index in [0.717, 1.165) is 25.7 Å². The van der Waals surface area contributed by atoms with Gasteiger partial charge in [0.15, 0.2) is 0 Å². The van der Waals surface area contributed by atoms with Gasteiger partial charge in [-0.15, -0.1) is 0 Å². The molecular formula is C17H24N2O. The van der Waals surface area contributed by atoms with Crippen molar-refractivity contribution in [3.63, 3.8) is 0 Å². The van der Waals surface area contributed by atoms with Crippen molar-refractivity contribution in [2.45, 2.75) is 64.2 Å². The number of pyridine rings is 1. The summed E-state index contributed by atoms with van der Waals surface area (Å²) in [6.45, 7) is 2.09. The normalized spacial score (nSPS) is 22.1. The van der Waals surface area contributed by atoms with Crippen LogP contribution in [0, 0.1) is 5.41 Å². The Kier molecular flexibility index (Phi) is 3.77. The van der Waals surface area contributed by atoms with Gasteiger partial charge in [0, 0.05) is 11.6 Å². The van der Waals surface area contributed by atoms with Crippen molar-refractivity contribution in [1.82, 2.24) is 4.98 Å². The summed E-state index contributed by atoms with van der Waals surface area (Å²) in [6, 6.07) is 4.08. The van der Waals surface area contributed by atoms with Crippen LogP contribution in [-0.2, 0) is 4.79 Å². The van der Waals surface area contributed by atoms with Crippen LogP contribution in [0.25, 0.3) is 0 Å². The summed E-state index contributed by atoms with van der Waals surface area (Å²) in [5, 5.41) is 3.00. The fraction of sp³-hybridized carbons (Fsp3) is 0.647. The Balaban J connectivity index is 1.63. The molecule has 108 valence electrons. The first-order chi connectivity index (χ1) is 9.67. The fourth-order valence-electron chi connectivity index (χ4n) is 3.29. The van der Waals surface area contributed by atoms with Gasteiger partial charge in [-0.05, 0) is 43.2 Å². The molecule has 0 aliphatic heterocycles. The van der Waals surface area contributed by atoms with Gasteiger partial charge < -0.3 is 5.32 Å². The number of amides is 1. The summed E-state index contributed by atoms with van der Waals surface area (Å²) < 4.78 is 0. The first-order valence-electron chi connectivity index (χ1n) is 7.95. The molecule has 2 aliphatic rings. The molecule has 0 saturated heterocycles. The smallest absolute Gasteiger partial charge is 0.231 e. The Morgan fingerprint density at radius 2 is 1.95 bits per heavy atom. The lowest BCUT2D eigenvalue weighted by Crippen LogP contribution is -2.35. The van der Waals surface area contributed by atoms with Crippen LogP contribution in [0.4, 0.5) is 5.82 Å². The monoisotopic (exact) mass is 272 g/mol. The molecule has 0 spiro atoms. The number of rotatable bonds is 3. The van der Waals surface area contributed by atoms with E-state index in [1.165, 1.54) is 31.2 Å². The standard InChI is InChI=1S/C17H24N2O/c1-17(10-3-2-4-11-17)16(20)19-15-9-8-14(12-18-15)13-6-5-7-13/h8-9,12-13H,2-7,10-11H2,1H3,(H,18,19,20). The van der Waals surface area contributed by atoms with Crippen molar-refractivity contribution in [3.8, 4) is 0 Å². The third-order valence-electron chi connectivity index (χ3n) is 5.11. The van der Waals surface area contributed by atoms with Crippen molar-refractivity contribution >= 4 is 11.7 Å². The lowest BCUT2D eigenvalue weighted by molar-refractivity contribution is -0.126. The lowest BCUT2D eigenvalue weighted by Gasteiger charge is -2.31. The number of aromatic nitrogens is 1. The lowest BCUT2D eigenvalue weighted by atomic mass is 9.75. The molecule has 2 aliphatic carbocycles. The van der Waals surface area contributed by atoms with Crippen LogP contribution in [0.2, 0.25) is 0 Å². The van der Waals surface area contributed by atoms with Crippen molar-refractivity contribution in [2.75, 3.05) is 5.32 Å². The highest BCUT2D eigenvalue weighted by atomic mass is 16.2. The molecule has 0 unspecified atom stereocenters. The highest BCUT2D eigenvalue weighted by Crippen LogP contribution is 2.37. The molecule has 3 nitrogen and oxygen atoms in total. The molecule has 0 radical (unpaired) electrons. The number of carbonyl (C=O) groups excluding carboxylic acids is 1. The zero-order chi connectivity index (χ0) is 14.0. The first kappa shape index (κ1) is 13.6. The minimum absolute atomic E-state index is 0.140. The number of nitrogens with zero attached hydrogens (tertiary/aromatic N) is 1. The van der Waals surface area contributed by atoms with E-state index in [1.807, 2.05) is 12.3 Å². The molecule has 0 aromatic carbocycles. The van der Waals surface area contributed by atoms with Gasteiger partial charge in [-0.3, -0.25) is 4.79 Å². The molecule has 0 bridgehead atoms. The zero-order valence-electron chi connectivity index (χ0n) is 12.3. The van der Waals surface area contributed by atoms with Crippen LogP contribution in [0.1, 0.15) is 69.8 Å². The van der Waals surface area contributed by atoms with E-state index in [0.29, 0.717) is 11.7 Å². The SMILES string of the molecule is CC1(C(=O)Nc2ccc(C3CCC3)cn2)CCCCC1. The summed E-state index contributed by atoms with van der Waals surface area (Å²) in [5.41, 5.74) is 1.12. The van der Waals surface area contributed by atoms with Crippen LogP contribution in [0.15, 0.2) is 18.3 Å². The maximum absolute atomic E-state index is 12.4. The predicted molar refractivity (Wildman–Crippen MR) is 80.7 cm³/mol. The van der Waals surface area contributed by atoms with E-state index in [9.17, 15) is 4.79 Å². The molecule has 0 atom stereocenters. The van der Waals surface area contributed by atoms with Crippen LogP contribution >= 0.6 is 0 Å². The number of nitrogens with one attached hydrogen (secondary N) is 1. The first-order valence-corrected chi connectivity index (χ1v) is 7.95. The van der Waals surface area contributed by atoms with E-state index < -0.39 is 0 Å². The maximum Gasteiger partial charge on any atom is 0.231 e. The molecule has 3 rings (SSSR count). The molecular weight excluding hydrogens is 248 g/mol. The Morgan fingerprint density at radius 3 is 2.50 bits per heavy atom. The van der Waals surface area contributed by atoms with Crippen LogP contribution in [0.5, 0.6) is 0 Å².